The predicted octanol–water partition coefficient (Wildman–Crippen LogP) is 6.64. The highest BCUT2D eigenvalue weighted by molar-refractivity contribution is 9.10. The van der Waals surface area contributed by atoms with Gasteiger partial charge in [-0.1, -0.05) is 46.3 Å². The van der Waals surface area contributed by atoms with Gasteiger partial charge in [-0.2, -0.15) is 9.78 Å². The summed E-state index contributed by atoms with van der Waals surface area (Å²) in [5, 5.41) is 26.5. The van der Waals surface area contributed by atoms with Crippen LogP contribution in [0.15, 0.2) is 110 Å². The molecule has 0 saturated heterocycles. The molecule has 0 unspecified atom stereocenters. The van der Waals surface area contributed by atoms with Gasteiger partial charge in [0.2, 0.25) is 11.6 Å². The van der Waals surface area contributed by atoms with Gasteiger partial charge in [-0.15, -0.1) is 0 Å². The Morgan fingerprint density at radius 2 is 1.86 bits per heavy atom. The molecule has 4 aromatic carbocycles. The lowest BCUT2D eigenvalue weighted by Gasteiger charge is -2.11. The van der Waals surface area contributed by atoms with Gasteiger partial charge < -0.3 is 14.3 Å². The number of furan rings is 1. The van der Waals surface area contributed by atoms with Gasteiger partial charge in [0.1, 0.15) is 12.2 Å². The van der Waals surface area contributed by atoms with E-state index in [1.807, 2.05) is 12.1 Å². The molecule has 6 aromatic rings. The van der Waals surface area contributed by atoms with Crippen LogP contribution in [0.25, 0.3) is 33.5 Å². The van der Waals surface area contributed by atoms with Crippen molar-refractivity contribution in [1.29, 1.82) is 0 Å². The molecule has 6 rings (SSSR count). The molecule has 0 bridgehead atoms. The Bertz CT molecular complexity index is 2140. The van der Waals surface area contributed by atoms with Crippen LogP contribution >= 0.6 is 15.9 Å². The van der Waals surface area contributed by atoms with Crippen molar-refractivity contribution in [1.82, 2.24) is 9.66 Å². The molecule has 0 aliphatic rings. The second kappa shape index (κ2) is 11.3. The Labute approximate surface area is 250 Å². The van der Waals surface area contributed by atoms with E-state index in [0.29, 0.717) is 27.8 Å². The first-order valence-corrected chi connectivity index (χ1v) is 13.6. The minimum absolute atomic E-state index is 0.0736. The maximum atomic E-state index is 13.6. The van der Waals surface area contributed by atoms with Crippen molar-refractivity contribution in [3.63, 3.8) is 0 Å². The van der Waals surface area contributed by atoms with E-state index in [1.54, 1.807) is 54.6 Å². The third-order valence-electron chi connectivity index (χ3n) is 6.57. The molecule has 0 aliphatic carbocycles. The monoisotopic (exact) mass is 638 g/mol. The number of aromatic nitrogens is 2. The van der Waals surface area contributed by atoms with Crippen LogP contribution in [-0.4, -0.2) is 31.9 Å². The molecule has 43 heavy (non-hydrogen) atoms. The van der Waals surface area contributed by atoms with Gasteiger partial charge in [0, 0.05) is 21.5 Å². The van der Waals surface area contributed by atoms with Crippen LogP contribution in [0.5, 0.6) is 5.75 Å². The SMILES string of the molecule is O=C(O)c1ccc(COc2c(C=Nn3c(-c4cc5cc(Br)ccc5o4)nc4ccccc4c3=O)cccc2[N+](=O)[O-])cc1. The minimum Gasteiger partial charge on any atom is -0.481 e. The number of benzene rings is 4. The van der Waals surface area contributed by atoms with E-state index in [4.69, 9.17) is 14.3 Å². The zero-order chi connectivity index (χ0) is 30.1. The molecule has 0 atom stereocenters. The van der Waals surface area contributed by atoms with Crippen molar-refractivity contribution in [2.24, 2.45) is 5.10 Å². The Kier molecular flexibility index (Phi) is 7.26. The zero-order valence-corrected chi connectivity index (χ0v) is 23.6. The van der Waals surface area contributed by atoms with Crippen LogP contribution in [0.3, 0.4) is 0 Å². The average molecular weight is 639 g/mol. The summed E-state index contributed by atoms with van der Waals surface area (Å²) in [7, 11) is 0. The maximum Gasteiger partial charge on any atom is 0.335 e. The molecule has 11 nitrogen and oxygen atoms in total. The number of ether oxygens (including phenoxy) is 1. The quantitative estimate of drug-likeness (QED) is 0.111. The summed E-state index contributed by atoms with van der Waals surface area (Å²) in [5.74, 6) is -0.708. The summed E-state index contributed by atoms with van der Waals surface area (Å²) in [6.45, 7) is -0.0805. The molecule has 12 heteroatoms. The number of nitro benzene ring substituents is 1. The Balaban J connectivity index is 1.44. The molecule has 0 aliphatic heterocycles. The highest BCUT2D eigenvalue weighted by Crippen LogP contribution is 2.32. The van der Waals surface area contributed by atoms with Crippen LogP contribution in [0, 0.1) is 10.1 Å². The van der Waals surface area contributed by atoms with E-state index in [2.05, 4.69) is 26.0 Å². The van der Waals surface area contributed by atoms with Crippen LogP contribution < -0.4 is 10.3 Å². The van der Waals surface area contributed by atoms with E-state index in [9.17, 15) is 19.7 Å². The summed E-state index contributed by atoms with van der Waals surface area (Å²) < 4.78 is 13.8. The summed E-state index contributed by atoms with van der Waals surface area (Å²) in [4.78, 5) is 40.7. The summed E-state index contributed by atoms with van der Waals surface area (Å²) in [5.41, 5.74) is 1.19. The first kappa shape index (κ1) is 27.5. The van der Waals surface area contributed by atoms with E-state index in [0.717, 1.165) is 14.5 Å². The predicted molar refractivity (Wildman–Crippen MR) is 163 cm³/mol. The largest absolute Gasteiger partial charge is 0.481 e. The average Bonchev–Trinajstić information content (AvgIpc) is 3.43. The van der Waals surface area contributed by atoms with E-state index < -0.39 is 16.5 Å². The van der Waals surface area contributed by atoms with E-state index >= 15 is 0 Å². The molecule has 2 aromatic heterocycles. The van der Waals surface area contributed by atoms with Gasteiger partial charge in [-0.05, 0) is 60.2 Å². The number of aromatic carboxylic acids is 1. The van der Waals surface area contributed by atoms with Crippen molar-refractivity contribution in [3.8, 4) is 17.3 Å². The first-order chi connectivity index (χ1) is 20.8. The number of hydrogen-bond acceptors (Lipinski definition) is 8. The van der Waals surface area contributed by atoms with Gasteiger partial charge in [0.15, 0.2) is 5.76 Å². The van der Waals surface area contributed by atoms with Crippen molar-refractivity contribution in [3.05, 3.63) is 133 Å². The minimum atomic E-state index is -1.07. The lowest BCUT2D eigenvalue weighted by molar-refractivity contribution is -0.385. The van der Waals surface area contributed by atoms with Crippen molar-refractivity contribution in [2.45, 2.75) is 6.61 Å². The number of halogens is 1. The lowest BCUT2D eigenvalue weighted by atomic mass is 10.1. The number of nitro groups is 1. The molecule has 0 saturated carbocycles. The van der Waals surface area contributed by atoms with Gasteiger partial charge in [-0.25, -0.2) is 9.78 Å². The maximum absolute atomic E-state index is 13.6. The van der Waals surface area contributed by atoms with Crippen LogP contribution in [0.2, 0.25) is 0 Å². The number of nitrogens with zero attached hydrogens (tertiary/aromatic N) is 4. The topological polar surface area (TPSA) is 150 Å². The fourth-order valence-corrected chi connectivity index (χ4v) is 4.86. The second-order valence-electron chi connectivity index (χ2n) is 9.35. The van der Waals surface area contributed by atoms with Gasteiger partial charge in [-0.3, -0.25) is 14.9 Å². The molecule has 2 heterocycles. The Hall–Kier alpha value is -5.62. The number of rotatable bonds is 8. The third-order valence-corrected chi connectivity index (χ3v) is 7.06. The molecular formula is C31H19BrN4O7. The third kappa shape index (κ3) is 5.51. The number of carbonyl (C=O) groups is 1. The van der Waals surface area contributed by atoms with Gasteiger partial charge in [0.05, 0.1) is 27.6 Å². The molecular weight excluding hydrogens is 620 g/mol. The number of fused-ring (bicyclic) bond motifs is 2. The van der Waals surface area contributed by atoms with Gasteiger partial charge in [0.25, 0.3) is 5.56 Å². The molecule has 0 fully saturated rings. The molecule has 0 spiro atoms. The first-order valence-electron chi connectivity index (χ1n) is 12.8. The van der Waals surface area contributed by atoms with Crippen molar-refractivity contribution < 1.29 is 24.0 Å². The number of para-hydroxylation sites is 2. The zero-order valence-electron chi connectivity index (χ0n) is 22.0. The summed E-state index contributed by atoms with van der Waals surface area (Å²) >= 11 is 3.45. The van der Waals surface area contributed by atoms with Crippen LogP contribution in [0.1, 0.15) is 21.5 Å². The van der Waals surface area contributed by atoms with Crippen molar-refractivity contribution >= 4 is 55.7 Å². The van der Waals surface area contributed by atoms with Crippen LogP contribution in [0.4, 0.5) is 5.69 Å². The molecule has 1 N–H and O–H groups in total. The number of carboxylic acids is 1. The summed E-state index contributed by atoms with van der Waals surface area (Å²) in [6, 6.07) is 24.4. The smallest absolute Gasteiger partial charge is 0.335 e. The summed E-state index contributed by atoms with van der Waals surface area (Å²) in [6.07, 6.45) is 1.29. The number of carboxylic acid groups (broad SMARTS) is 1. The Morgan fingerprint density at radius 3 is 2.63 bits per heavy atom. The Morgan fingerprint density at radius 1 is 1.07 bits per heavy atom. The standard InChI is InChI=1S/C31H19BrN4O7/c32-22-12-13-26-21(14-22)15-27(43-26)29-34-24-6-2-1-5-23(24)30(37)35(29)33-16-20-4-3-7-25(36(40)41)28(20)42-17-18-8-10-19(11-9-18)31(38)39/h1-16H,17H2,(H,38,39). The van der Waals surface area contributed by atoms with Crippen LogP contribution in [-0.2, 0) is 6.61 Å². The molecule has 0 amide bonds. The second-order valence-corrected chi connectivity index (χ2v) is 10.3. The highest BCUT2D eigenvalue weighted by atomic mass is 79.9. The molecule has 212 valence electrons. The van der Waals surface area contributed by atoms with Gasteiger partial charge >= 0.3 is 11.7 Å². The molecule has 0 radical (unpaired) electrons. The fraction of sp³-hybridized carbons (Fsp3) is 0.0323. The fourth-order valence-electron chi connectivity index (χ4n) is 4.48. The lowest BCUT2D eigenvalue weighted by Crippen LogP contribution is -2.20. The normalized spacial score (nSPS) is 11.4. The number of hydrogen-bond donors (Lipinski definition) is 1. The highest BCUT2D eigenvalue weighted by Gasteiger charge is 2.20. The van der Waals surface area contributed by atoms with E-state index in [-0.39, 0.29) is 35.0 Å². The van der Waals surface area contributed by atoms with E-state index in [1.165, 1.54) is 30.5 Å². The van der Waals surface area contributed by atoms with Crippen molar-refractivity contribution in [2.75, 3.05) is 0 Å².